The summed E-state index contributed by atoms with van der Waals surface area (Å²) < 4.78 is 4.55. The van der Waals surface area contributed by atoms with Crippen molar-refractivity contribution in [3.63, 3.8) is 0 Å². The molecule has 1 aliphatic heterocycles. The number of ether oxygens (including phenoxy) is 1. The molecule has 2 heterocycles. The number of esters is 1. The van der Waals surface area contributed by atoms with Crippen molar-refractivity contribution in [2.75, 3.05) is 25.1 Å². The van der Waals surface area contributed by atoms with Gasteiger partial charge in [0, 0.05) is 11.8 Å². The first-order valence-electron chi connectivity index (χ1n) is 5.67. The highest BCUT2D eigenvalue weighted by molar-refractivity contribution is 7.13. The summed E-state index contributed by atoms with van der Waals surface area (Å²) in [6, 6.07) is 0. The number of methoxy groups -OCH3 is 1. The maximum absolute atomic E-state index is 11.3. The van der Waals surface area contributed by atoms with E-state index in [9.17, 15) is 14.4 Å². The first-order valence-corrected chi connectivity index (χ1v) is 6.55. The molecule has 0 atom stereocenters. The number of hydrogen-bond donors (Lipinski definition) is 1. The summed E-state index contributed by atoms with van der Waals surface area (Å²) in [5.41, 5.74) is 0.754. The van der Waals surface area contributed by atoms with Gasteiger partial charge in [-0.25, -0.2) is 4.98 Å². The lowest BCUT2D eigenvalue weighted by Gasteiger charge is -2.24. The zero-order chi connectivity index (χ0) is 13.8. The van der Waals surface area contributed by atoms with Crippen LogP contribution in [-0.2, 0) is 25.5 Å². The number of carbonyl (C=O) groups excluding carboxylic acids is 3. The minimum Gasteiger partial charge on any atom is -0.469 e. The Kier molecular flexibility index (Phi) is 4.10. The smallest absolute Gasteiger partial charge is 0.305 e. The van der Waals surface area contributed by atoms with E-state index in [1.165, 1.54) is 18.4 Å². The van der Waals surface area contributed by atoms with Crippen LogP contribution in [-0.4, -0.2) is 43.0 Å². The van der Waals surface area contributed by atoms with Crippen LogP contribution in [0.25, 0.3) is 0 Å². The minimum atomic E-state index is -0.331. The first-order chi connectivity index (χ1) is 9.08. The number of rotatable bonds is 4. The standard InChI is InChI=1S/C11H13N3O4S/c1-18-10(17)3-2-7-6-19-11(12-7)14-4-8(15)13-9(16)5-14/h6H,2-5H2,1H3,(H,13,15,16). The SMILES string of the molecule is COC(=O)CCc1csc(N2CC(=O)NC(=O)C2)n1. The predicted octanol–water partition coefficient (Wildman–Crippen LogP) is -0.289. The number of piperazine rings is 1. The Morgan fingerprint density at radius 2 is 2.16 bits per heavy atom. The van der Waals surface area contributed by atoms with Crippen LogP contribution in [0.4, 0.5) is 5.13 Å². The highest BCUT2D eigenvalue weighted by Crippen LogP contribution is 2.21. The predicted molar refractivity (Wildman–Crippen MR) is 67.8 cm³/mol. The van der Waals surface area contributed by atoms with Crippen LogP contribution >= 0.6 is 11.3 Å². The van der Waals surface area contributed by atoms with Crippen LogP contribution in [0.5, 0.6) is 0 Å². The number of hydrogen-bond acceptors (Lipinski definition) is 7. The van der Waals surface area contributed by atoms with E-state index in [0.29, 0.717) is 11.6 Å². The van der Waals surface area contributed by atoms with Gasteiger partial charge in [0.15, 0.2) is 5.13 Å². The summed E-state index contributed by atoms with van der Waals surface area (Å²) in [6.07, 6.45) is 0.746. The number of thiazole rings is 1. The van der Waals surface area contributed by atoms with Crippen molar-refractivity contribution >= 4 is 34.3 Å². The third-order valence-electron chi connectivity index (χ3n) is 2.57. The topological polar surface area (TPSA) is 88.6 Å². The van der Waals surface area contributed by atoms with Gasteiger partial charge < -0.3 is 9.64 Å². The molecule has 0 bridgehead atoms. The van der Waals surface area contributed by atoms with Crippen LogP contribution < -0.4 is 10.2 Å². The molecule has 1 saturated heterocycles. The van der Waals surface area contributed by atoms with E-state index in [1.807, 2.05) is 5.38 Å². The van der Waals surface area contributed by atoms with E-state index in [-0.39, 0.29) is 37.3 Å². The third kappa shape index (κ3) is 3.50. The van der Waals surface area contributed by atoms with Gasteiger partial charge in [0.1, 0.15) is 13.1 Å². The molecule has 0 unspecified atom stereocenters. The van der Waals surface area contributed by atoms with Gasteiger partial charge in [-0.2, -0.15) is 0 Å². The van der Waals surface area contributed by atoms with Crippen LogP contribution in [0.2, 0.25) is 0 Å². The Balaban J connectivity index is 1.98. The Morgan fingerprint density at radius 3 is 2.79 bits per heavy atom. The molecule has 8 heteroatoms. The molecule has 0 radical (unpaired) electrons. The second-order valence-corrected chi connectivity index (χ2v) is 4.86. The van der Waals surface area contributed by atoms with Crippen molar-refractivity contribution in [1.82, 2.24) is 10.3 Å². The van der Waals surface area contributed by atoms with Crippen molar-refractivity contribution in [1.29, 1.82) is 0 Å². The summed E-state index contributed by atoms with van der Waals surface area (Å²) in [4.78, 5) is 39.5. The molecule has 0 spiro atoms. The average molecular weight is 283 g/mol. The van der Waals surface area contributed by atoms with E-state index in [0.717, 1.165) is 5.69 Å². The van der Waals surface area contributed by atoms with E-state index in [2.05, 4.69) is 15.0 Å². The zero-order valence-electron chi connectivity index (χ0n) is 10.3. The number of amides is 2. The fourth-order valence-electron chi connectivity index (χ4n) is 1.66. The summed E-state index contributed by atoms with van der Waals surface area (Å²) in [6.45, 7) is 0.241. The maximum Gasteiger partial charge on any atom is 0.305 e. The maximum atomic E-state index is 11.3. The fraction of sp³-hybridized carbons (Fsp3) is 0.455. The average Bonchev–Trinajstić information content (AvgIpc) is 2.83. The molecule has 1 aromatic heterocycles. The van der Waals surface area contributed by atoms with E-state index in [4.69, 9.17) is 0 Å². The lowest BCUT2D eigenvalue weighted by Crippen LogP contribution is -2.51. The number of nitrogens with one attached hydrogen (secondary N) is 1. The first kappa shape index (κ1) is 13.5. The van der Waals surface area contributed by atoms with Gasteiger partial charge in [-0.05, 0) is 0 Å². The van der Waals surface area contributed by atoms with E-state index >= 15 is 0 Å². The van der Waals surface area contributed by atoms with Gasteiger partial charge >= 0.3 is 5.97 Å². The zero-order valence-corrected chi connectivity index (χ0v) is 11.2. The Morgan fingerprint density at radius 1 is 1.47 bits per heavy atom. The molecule has 19 heavy (non-hydrogen) atoms. The highest BCUT2D eigenvalue weighted by atomic mass is 32.1. The molecule has 1 fully saturated rings. The quantitative estimate of drug-likeness (QED) is 0.603. The van der Waals surface area contributed by atoms with Crippen LogP contribution in [0.15, 0.2) is 5.38 Å². The Bertz CT molecular complexity index is 498. The van der Waals surface area contributed by atoms with Gasteiger partial charge in [0.05, 0.1) is 19.2 Å². The number of anilines is 1. The summed E-state index contributed by atoms with van der Waals surface area (Å²) >= 11 is 1.35. The van der Waals surface area contributed by atoms with Gasteiger partial charge in [-0.1, -0.05) is 0 Å². The fourth-order valence-corrected chi connectivity index (χ4v) is 2.52. The largest absolute Gasteiger partial charge is 0.469 e. The molecule has 1 N–H and O–H groups in total. The van der Waals surface area contributed by atoms with Gasteiger partial charge in [0.25, 0.3) is 0 Å². The van der Waals surface area contributed by atoms with Crippen molar-refractivity contribution in [3.8, 4) is 0 Å². The highest BCUT2D eigenvalue weighted by Gasteiger charge is 2.24. The molecule has 0 aromatic carbocycles. The molecule has 102 valence electrons. The molecule has 1 aromatic rings. The lowest BCUT2D eigenvalue weighted by molar-refractivity contribution is -0.140. The molecular weight excluding hydrogens is 270 g/mol. The lowest BCUT2D eigenvalue weighted by atomic mass is 10.2. The van der Waals surface area contributed by atoms with Gasteiger partial charge in [0.2, 0.25) is 11.8 Å². The molecular formula is C11H13N3O4S. The molecule has 0 aliphatic carbocycles. The second-order valence-electron chi connectivity index (χ2n) is 4.02. The van der Waals surface area contributed by atoms with E-state index < -0.39 is 0 Å². The monoisotopic (exact) mass is 283 g/mol. The molecule has 2 rings (SSSR count). The number of carbonyl (C=O) groups is 3. The normalized spacial score (nSPS) is 15.3. The van der Waals surface area contributed by atoms with Gasteiger partial charge in [-0.3, -0.25) is 19.7 Å². The van der Waals surface area contributed by atoms with Crippen molar-refractivity contribution in [2.24, 2.45) is 0 Å². The van der Waals surface area contributed by atoms with Crippen LogP contribution in [0.3, 0.4) is 0 Å². The van der Waals surface area contributed by atoms with E-state index in [1.54, 1.807) is 4.90 Å². The number of aryl methyl sites for hydroxylation is 1. The third-order valence-corrected chi connectivity index (χ3v) is 3.52. The second kappa shape index (κ2) is 5.79. The Labute approximate surface area is 113 Å². The van der Waals surface area contributed by atoms with Gasteiger partial charge in [-0.15, -0.1) is 11.3 Å². The number of imide groups is 1. The van der Waals surface area contributed by atoms with Crippen molar-refractivity contribution < 1.29 is 19.1 Å². The minimum absolute atomic E-state index is 0.121. The Hall–Kier alpha value is -1.96. The molecule has 2 amide bonds. The summed E-state index contributed by atoms with van der Waals surface area (Å²) in [7, 11) is 1.34. The number of aromatic nitrogens is 1. The van der Waals surface area contributed by atoms with Crippen LogP contribution in [0.1, 0.15) is 12.1 Å². The molecule has 1 aliphatic rings. The summed E-state index contributed by atoms with van der Waals surface area (Å²) in [5.74, 6) is -0.952. The summed E-state index contributed by atoms with van der Waals surface area (Å²) in [5, 5.41) is 4.66. The molecule has 7 nitrogen and oxygen atoms in total. The molecule has 0 saturated carbocycles. The van der Waals surface area contributed by atoms with Crippen LogP contribution in [0, 0.1) is 0 Å². The van der Waals surface area contributed by atoms with Crippen molar-refractivity contribution in [2.45, 2.75) is 12.8 Å². The number of nitrogens with zero attached hydrogens (tertiary/aromatic N) is 2. The van der Waals surface area contributed by atoms with Crippen molar-refractivity contribution in [3.05, 3.63) is 11.1 Å².